The van der Waals surface area contributed by atoms with E-state index in [1.165, 1.54) is 6.07 Å². The Labute approximate surface area is 178 Å². The van der Waals surface area contributed by atoms with Crippen molar-refractivity contribution >= 4 is 57.2 Å². The maximum absolute atomic E-state index is 13.3. The second kappa shape index (κ2) is 9.10. The maximum atomic E-state index is 13.3. The Morgan fingerprint density at radius 2 is 2.00 bits per heavy atom. The molecule has 0 aliphatic carbocycles. The van der Waals surface area contributed by atoms with Gasteiger partial charge >= 0.3 is 144 Å². The number of hydrogen-bond acceptors (Lipinski definition) is 5. The molecule has 0 saturated heterocycles. The number of benzene rings is 2. The van der Waals surface area contributed by atoms with E-state index in [0.717, 1.165) is 29.8 Å². The van der Waals surface area contributed by atoms with Crippen molar-refractivity contribution in [3.8, 4) is 5.75 Å². The molecule has 0 aliphatic heterocycles. The van der Waals surface area contributed by atoms with Gasteiger partial charge in [0.1, 0.15) is 5.82 Å². The first kappa shape index (κ1) is 20.9. The SMILES string of the molecule is O=C(Nc1cc(Cl)ccc1OCCC[AsH2])Nc1n[n+]([O-])c2cc(F)ccc2[n+]1[O-]. The van der Waals surface area contributed by atoms with Crippen LogP contribution in [0.25, 0.3) is 11.0 Å². The minimum absolute atomic E-state index is 0.0581. The second-order valence-corrected chi connectivity index (χ2v) is 7.48. The van der Waals surface area contributed by atoms with E-state index in [-0.39, 0.29) is 26.3 Å². The molecular formula is C17H16AsClFN5O4. The van der Waals surface area contributed by atoms with E-state index >= 15 is 0 Å². The number of carbonyl (C=O) groups is 1. The summed E-state index contributed by atoms with van der Waals surface area (Å²) in [5, 5.41) is 33.9. The number of fused-ring (bicyclic) bond motifs is 1. The summed E-state index contributed by atoms with van der Waals surface area (Å²) in [5.41, 5.74) is -0.139. The van der Waals surface area contributed by atoms with Gasteiger partial charge in [0, 0.05) is 0 Å². The van der Waals surface area contributed by atoms with Gasteiger partial charge in [-0.1, -0.05) is 0 Å². The first-order chi connectivity index (χ1) is 13.9. The van der Waals surface area contributed by atoms with Gasteiger partial charge in [-0.05, 0) is 12.1 Å². The van der Waals surface area contributed by atoms with Crippen LogP contribution in [0.1, 0.15) is 6.42 Å². The monoisotopic (exact) mass is 483 g/mol. The van der Waals surface area contributed by atoms with Gasteiger partial charge in [-0.25, -0.2) is 4.39 Å². The molecule has 0 saturated carbocycles. The summed E-state index contributed by atoms with van der Waals surface area (Å²) in [6.07, 6.45) is 0.857. The van der Waals surface area contributed by atoms with Gasteiger partial charge in [0.05, 0.1) is 6.07 Å². The molecule has 0 radical (unpaired) electrons. The zero-order valence-electron chi connectivity index (χ0n) is 14.9. The third-order valence-electron chi connectivity index (χ3n) is 3.76. The number of rotatable bonds is 6. The summed E-state index contributed by atoms with van der Waals surface area (Å²) < 4.78 is 19.1. The van der Waals surface area contributed by atoms with Crippen LogP contribution in [-0.2, 0) is 0 Å². The molecule has 152 valence electrons. The van der Waals surface area contributed by atoms with Crippen LogP contribution < -0.4 is 24.9 Å². The predicted octanol–water partition coefficient (Wildman–Crippen LogP) is 1.76. The molecule has 3 rings (SSSR count). The van der Waals surface area contributed by atoms with Crippen molar-refractivity contribution in [1.82, 2.24) is 5.10 Å². The van der Waals surface area contributed by atoms with Gasteiger partial charge in [0.2, 0.25) is 0 Å². The number of carbonyl (C=O) groups excluding carboxylic acids is 1. The van der Waals surface area contributed by atoms with Crippen LogP contribution >= 0.6 is 11.6 Å². The molecule has 12 heteroatoms. The minimum atomic E-state index is -0.838. The number of halogens is 2. The predicted molar refractivity (Wildman–Crippen MR) is 107 cm³/mol. The van der Waals surface area contributed by atoms with Gasteiger partial charge in [-0.2, -0.15) is 0 Å². The Balaban J connectivity index is 1.82. The molecule has 29 heavy (non-hydrogen) atoms. The first-order valence-corrected chi connectivity index (χ1v) is 10.5. The van der Waals surface area contributed by atoms with Crippen LogP contribution in [0.15, 0.2) is 36.4 Å². The number of urea groups is 1. The fourth-order valence-electron chi connectivity index (χ4n) is 2.44. The molecule has 9 nitrogen and oxygen atoms in total. The van der Waals surface area contributed by atoms with E-state index in [1.807, 2.05) is 0 Å². The number of nitrogens with one attached hydrogen (secondary N) is 2. The molecular weight excluding hydrogens is 468 g/mol. The molecule has 1 atom stereocenters. The Morgan fingerprint density at radius 3 is 2.76 bits per heavy atom. The van der Waals surface area contributed by atoms with Gasteiger partial charge < -0.3 is 5.21 Å². The van der Waals surface area contributed by atoms with E-state index in [1.54, 1.807) is 29.0 Å². The fourth-order valence-corrected chi connectivity index (χ4v) is 2.96. The zero-order chi connectivity index (χ0) is 21.0. The Kier molecular flexibility index (Phi) is 6.56. The third-order valence-corrected chi connectivity index (χ3v) is 4.85. The number of nitrogens with zero attached hydrogens (tertiary/aromatic N) is 3. The van der Waals surface area contributed by atoms with Gasteiger partial charge in [0.15, 0.2) is 0 Å². The average Bonchev–Trinajstić information content (AvgIpc) is 2.67. The fraction of sp³-hybridized carbons (Fsp3) is 0.176. The Hall–Kier alpha value is -2.84. The molecule has 0 aliphatic rings. The van der Waals surface area contributed by atoms with Crippen molar-refractivity contribution < 1.29 is 23.5 Å². The summed E-state index contributed by atoms with van der Waals surface area (Å²) in [6.45, 7) is 0.468. The number of amides is 2. The first-order valence-electron chi connectivity index (χ1n) is 8.42. The molecule has 2 N–H and O–H groups in total. The van der Waals surface area contributed by atoms with E-state index in [2.05, 4.69) is 15.7 Å². The molecule has 0 spiro atoms. The van der Waals surface area contributed by atoms with Crippen LogP contribution in [0.5, 0.6) is 5.75 Å². The second-order valence-electron chi connectivity index (χ2n) is 5.83. The van der Waals surface area contributed by atoms with Gasteiger partial charge in [-0.15, -0.1) is 0 Å². The summed E-state index contributed by atoms with van der Waals surface area (Å²) in [6, 6.07) is 6.90. The van der Waals surface area contributed by atoms with E-state index in [4.69, 9.17) is 16.3 Å². The quantitative estimate of drug-likeness (QED) is 0.240. The Morgan fingerprint density at radius 1 is 1.21 bits per heavy atom. The molecule has 1 heterocycles. The molecule has 2 aromatic carbocycles. The van der Waals surface area contributed by atoms with Crippen LogP contribution in [0.2, 0.25) is 10.2 Å². The summed E-state index contributed by atoms with van der Waals surface area (Å²) in [4.78, 5) is 12.4. The van der Waals surface area contributed by atoms with E-state index in [9.17, 15) is 19.6 Å². The molecule has 2 amide bonds. The van der Waals surface area contributed by atoms with Crippen molar-refractivity contribution in [3.63, 3.8) is 0 Å². The van der Waals surface area contributed by atoms with E-state index < -0.39 is 17.8 Å². The standard InChI is InChI=1S/C17H16AsClFN5O4/c18-6-1-7-29-15-5-2-10(19)8-12(15)21-17(26)22-16-23-25(28)14-9-11(20)3-4-13(14)24(16)27/h2-5,8-9H,1,6-7,18H2,(H2,21,22,23,26). The normalized spacial score (nSPS) is 10.7. The number of anilines is 2. The average molecular weight is 484 g/mol. The summed E-state index contributed by atoms with van der Waals surface area (Å²) in [7, 11) is 0. The molecule has 1 aromatic heterocycles. The summed E-state index contributed by atoms with van der Waals surface area (Å²) >= 11 is 7.57. The van der Waals surface area contributed by atoms with Crippen LogP contribution in [-0.4, -0.2) is 34.6 Å². The molecule has 3 aromatic rings. The summed E-state index contributed by atoms with van der Waals surface area (Å²) in [5.74, 6) is -0.865. The van der Waals surface area contributed by atoms with Crippen molar-refractivity contribution in [2.75, 3.05) is 17.2 Å². The topological polar surface area (TPSA) is 117 Å². The number of ether oxygens (including phenoxy) is 1. The van der Waals surface area contributed by atoms with Crippen molar-refractivity contribution in [1.29, 1.82) is 0 Å². The number of hydrogen-bond donors (Lipinski definition) is 2. The van der Waals surface area contributed by atoms with Crippen LogP contribution in [0, 0.1) is 16.2 Å². The van der Waals surface area contributed by atoms with Crippen molar-refractivity contribution in [3.05, 3.63) is 57.7 Å². The van der Waals surface area contributed by atoms with Gasteiger partial charge in [0.25, 0.3) is 0 Å². The van der Waals surface area contributed by atoms with E-state index in [0.29, 0.717) is 17.4 Å². The Bertz CT molecular complexity index is 1070. The van der Waals surface area contributed by atoms with Crippen LogP contribution in [0.4, 0.5) is 20.8 Å². The zero-order valence-corrected chi connectivity index (χ0v) is 18.1. The van der Waals surface area contributed by atoms with Gasteiger partial charge in [-0.3, -0.25) is 0 Å². The number of aromatic nitrogens is 3. The van der Waals surface area contributed by atoms with Crippen molar-refractivity contribution in [2.45, 2.75) is 11.6 Å². The molecule has 0 bridgehead atoms. The van der Waals surface area contributed by atoms with Crippen molar-refractivity contribution in [2.24, 2.45) is 0 Å². The van der Waals surface area contributed by atoms with Crippen LogP contribution in [0.3, 0.4) is 0 Å². The molecule has 1 unspecified atom stereocenters. The molecule has 0 fully saturated rings. The third kappa shape index (κ3) is 4.96.